The molecule has 3 N–H and O–H groups in total. The zero-order valence-corrected chi connectivity index (χ0v) is 12.8. The molecule has 0 saturated carbocycles. The van der Waals surface area contributed by atoms with Crippen LogP contribution in [0, 0.1) is 11.2 Å². The van der Waals surface area contributed by atoms with Gasteiger partial charge >= 0.3 is 6.18 Å². The molecule has 2 rings (SSSR count). The van der Waals surface area contributed by atoms with Gasteiger partial charge in [-0.15, -0.1) is 0 Å². The lowest BCUT2D eigenvalue weighted by molar-refractivity contribution is -0.138. The maximum Gasteiger partial charge on any atom is 0.416 e. The third kappa shape index (κ3) is 4.42. The first-order valence-corrected chi connectivity index (χ1v) is 7.18. The first-order valence-electron chi connectivity index (χ1n) is 6.81. The zero-order chi connectivity index (χ0) is 17.2. The molecule has 4 nitrogen and oxygen atoms in total. The lowest BCUT2D eigenvalue weighted by Crippen LogP contribution is -2.49. The largest absolute Gasteiger partial charge is 0.416 e. The Morgan fingerprint density at radius 2 is 2.13 bits per heavy atom. The summed E-state index contributed by atoms with van der Waals surface area (Å²) >= 11 is 5.58. The maximum atomic E-state index is 13.4. The topological polar surface area (TPSA) is 65.5 Å². The second kappa shape index (κ2) is 6.84. The van der Waals surface area contributed by atoms with Crippen LogP contribution < -0.4 is 5.73 Å². The van der Waals surface area contributed by atoms with E-state index in [1.165, 1.54) is 0 Å². The SMILES string of the molecule is N=C(Cl)CC1C(N)=NCCN1Cc1cc(F)ccc1C(F)(F)F. The normalized spacial score (nSPS) is 19.5. The van der Waals surface area contributed by atoms with E-state index in [0.717, 1.165) is 18.2 Å². The van der Waals surface area contributed by atoms with Gasteiger partial charge in [-0.05, 0) is 23.8 Å². The van der Waals surface area contributed by atoms with Crippen molar-refractivity contribution in [2.24, 2.45) is 10.7 Å². The average Bonchev–Trinajstić information content (AvgIpc) is 2.41. The zero-order valence-electron chi connectivity index (χ0n) is 12.0. The summed E-state index contributed by atoms with van der Waals surface area (Å²) in [4.78, 5) is 5.67. The number of benzene rings is 1. The minimum Gasteiger partial charge on any atom is -0.386 e. The number of halogens is 5. The summed E-state index contributed by atoms with van der Waals surface area (Å²) < 4.78 is 52.6. The lowest BCUT2D eigenvalue weighted by atomic mass is 10.0. The second-order valence-corrected chi connectivity index (χ2v) is 5.66. The number of hydrogen-bond donors (Lipinski definition) is 2. The van der Waals surface area contributed by atoms with E-state index in [2.05, 4.69) is 4.99 Å². The van der Waals surface area contributed by atoms with Gasteiger partial charge in [0.1, 0.15) is 11.7 Å². The van der Waals surface area contributed by atoms with Crippen LogP contribution in [-0.2, 0) is 12.7 Å². The van der Waals surface area contributed by atoms with Crippen LogP contribution >= 0.6 is 11.6 Å². The van der Waals surface area contributed by atoms with E-state index in [4.69, 9.17) is 22.7 Å². The van der Waals surface area contributed by atoms with E-state index in [-0.39, 0.29) is 29.5 Å². The highest BCUT2D eigenvalue weighted by Gasteiger charge is 2.35. The molecule has 1 unspecified atom stereocenters. The maximum absolute atomic E-state index is 13.4. The first-order chi connectivity index (χ1) is 10.7. The molecule has 1 aliphatic rings. The minimum absolute atomic E-state index is 0.0492. The molecule has 9 heteroatoms. The monoisotopic (exact) mass is 350 g/mol. The van der Waals surface area contributed by atoms with Crippen molar-refractivity contribution in [3.63, 3.8) is 0 Å². The van der Waals surface area contributed by atoms with Crippen LogP contribution in [0.2, 0.25) is 0 Å². The number of amidine groups is 1. The number of hydrogen-bond acceptors (Lipinski definition) is 4. The van der Waals surface area contributed by atoms with E-state index in [9.17, 15) is 17.6 Å². The van der Waals surface area contributed by atoms with Crippen molar-refractivity contribution in [3.8, 4) is 0 Å². The molecule has 0 saturated heterocycles. The van der Waals surface area contributed by atoms with Crippen LogP contribution in [0.1, 0.15) is 17.5 Å². The number of nitrogens with zero attached hydrogens (tertiary/aromatic N) is 2. The summed E-state index contributed by atoms with van der Waals surface area (Å²) in [7, 11) is 0. The lowest BCUT2D eigenvalue weighted by Gasteiger charge is -2.34. The summed E-state index contributed by atoms with van der Waals surface area (Å²) in [5, 5.41) is 7.18. The van der Waals surface area contributed by atoms with Gasteiger partial charge < -0.3 is 5.73 Å². The molecule has 0 radical (unpaired) electrons. The summed E-state index contributed by atoms with van der Waals surface area (Å²) in [6.45, 7) is 0.523. The van der Waals surface area contributed by atoms with Crippen molar-refractivity contribution in [1.82, 2.24) is 4.90 Å². The van der Waals surface area contributed by atoms with Crippen molar-refractivity contribution in [1.29, 1.82) is 5.41 Å². The van der Waals surface area contributed by atoms with Gasteiger partial charge in [0.05, 0.1) is 23.3 Å². The van der Waals surface area contributed by atoms with Crippen molar-refractivity contribution in [3.05, 3.63) is 35.1 Å². The van der Waals surface area contributed by atoms with Gasteiger partial charge in [0.2, 0.25) is 0 Å². The molecule has 23 heavy (non-hydrogen) atoms. The van der Waals surface area contributed by atoms with Crippen LogP contribution in [0.15, 0.2) is 23.2 Å². The number of aliphatic imine (C=N–C) groups is 1. The highest BCUT2D eigenvalue weighted by atomic mass is 35.5. The Bertz CT molecular complexity index is 630. The summed E-state index contributed by atoms with van der Waals surface area (Å²) in [6, 6.07) is 1.81. The Balaban J connectivity index is 2.32. The van der Waals surface area contributed by atoms with Gasteiger partial charge in [0, 0.05) is 19.5 Å². The van der Waals surface area contributed by atoms with E-state index < -0.39 is 23.6 Å². The molecule has 0 amide bonds. The standard InChI is InChI=1S/C14H15ClF4N4/c15-12(20)6-11-13(21)22-3-4-23(11)7-8-5-9(16)1-2-10(8)14(17,18)19/h1-2,5,11,20H,3-4,6-7H2,(H2,21,22). The molecule has 1 aromatic rings. The average molecular weight is 351 g/mol. The molecule has 0 aromatic heterocycles. The van der Waals surface area contributed by atoms with Crippen molar-refractivity contribution in [2.75, 3.05) is 13.1 Å². The summed E-state index contributed by atoms with van der Waals surface area (Å²) in [5.74, 6) is -0.528. The van der Waals surface area contributed by atoms with Gasteiger partial charge in [-0.2, -0.15) is 13.2 Å². The van der Waals surface area contributed by atoms with Gasteiger partial charge in [-0.3, -0.25) is 15.3 Å². The van der Waals surface area contributed by atoms with Crippen LogP contribution in [0.3, 0.4) is 0 Å². The molecule has 1 heterocycles. The van der Waals surface area contributed by atoms with Crippen LogP contribution in [-0.4, -0.2) is 35.0 Å². The molecule has 0 aliphatic carbocycles. The molecular formula is C14H15ClF4N4. The Labute approximate surface area is 135 Å². The smallest absolute Gasteiger partial charge is 0.386 e. The molecule has 1 aromatic carbocycles. The number of rotatable bonds is 4. The summed E-state index contributed by atoms with van der Waals surface area (Å²) in [5.41, 5.74) is 4.71. The fourth-order valence-corrected chi connectivity index (χ4v) is 2.68. The van der Waals surface area contributed by atoms with Crippen LogP contribution in [0.4, 0.5) is 17.6 Å². The van der Waals surface area contributed by atoms with Crippen LogP contribution in [0.5, 0.6) is 0 Å². The highest BCUT2D eigenvalue weighted by Crippen LogP contribution is 2.33. The number of nitrogens with one attached hydrogen (secondary N) is 1. The van der Waals surface area contributed by atoms with E-state index >= 15 is 0 Å². The fourth-order valence-electron chi connectivity index (χ4n) is 2.54. The molecule has 0 bridgehead atoms. The van der Waals surface area contributed by atoms with Gasteiger partial charge in [-0.1, -0.05) is 11.6 Å². The predicted molar refractivity (Wildman–Crippen MR) is 80.3 cm³/mol. The van der Waals surface area contributed by atoms with Gasteiger partial charge in [0.25, 0.3) is 0 Å². The molecular weight excluding hydrogens is 336 g/mol. The van der Waals surface area contributed by atoms with Crippen molar-refractivity contribution < 1.29 is 17.6 Å². The Kier molecular flexibility index (Phi) is 5.26. The quantitative estimate of drug-likeness (QED) is 0.647. The molecule has 1 atom stereocenters. The molecule has 126 valence electrons. The van der Waals surface area contributed by atoms with Crippen LogP contribution in [0.25, 0.3) is 0 Å². The Hall–Kier alpha value is -1.67. The fraction of sp³-hybridized carbons (Fsp3) is 0.429. The van der Waals surface area contributed by atoms with E-state index in [0.29, 0.717) is 13.1 Å². The van der Waals surface area contributed by atoms with Gasteiger partial charge in [0.15, 0.2) is 0 Å². The molecule has 0 spiro atoms. The van der Waals surface area contributed by atoms with Crippen molar-refractivity contribution in [2.45, 2.75) is 25.2 Å². The third-order valence-electron chi connectivity index (χ3n) is 3.58. The van der Waals surface area contributed by atoms with Crippen molar-refractivity contribution >= 4 is 22.6 Å². The molecule has 0 fully saturated rings. The molecule has 1 aliphatic heterocycles. The Morgan fingerprint density at radius 3 is 2.74 bits per heavy atom. The minimum atomic E-state index is -4.58. The second-order valence-electron chi connectivity index (χ2n) is 5.20. The highest BCUT2D eigenvalue weighted by molar-refractivity contribution is 6.64. The Morgan fingerprint density at radius 1 is 1.43 bits per heavy atom. The predicted octanol–water partition coefficient (Wildman–Crippen LogP) is 2.99. The first kappa shape index (κ1) is 17.7. The van der Waals surface area contributed by atoms with E-state index in [1.54, 1.807) is 4.90 Å². The van der Waals surface area contributed by atoms with Gasteiger partial charge in [-0.25, -0.2) is 4.39 Å². The van der Waals surface area contributed by atoms with E-state index in [1.807, 2.05) is 0 Å². The third-order valence-corrected chi connectivity index (χ3v) is 3.74. The summed E-state index contributed by atoms with van der Waals surface area (Å²) in [6.07, 6.45) is -4.53. The number of alkyl halides is 3. The number of nitrogens with two attached hydrogens (primary N) is 1.